The molecular formula is C24H36O5. The van der Waals surface area contributed by atoms with E-state index < -0.39 is 12.1 Å². The molecule has 0 spiro atoms. The van der Waals surface area contributed by atoms with Crippen molar-refractivity contribution >= 4 is 17.5 Å². The SMILES string of the molecule is C[C@H](CCC(=O)O)[C@H]1CC[C@H]2[C@@H]3C(=O)CC4CC(=O)CC[C@]4(C)[C@H]3CC(O)[C@]12C. The van der Waals surface area contributed by atoms with Gasteiger partial charge in [0.15, 0.2) is 0 Å². The first-order valence-corrected chi connectivity index (χ1v) is 11.5. The van der Waals surface area contributed by atoms with E-state index in [0.717, 1.165) is 19.3 Å². The Bertz CT molecular complexity index is 716. The number of fused-ring (bicyclic) bond motifs is 5. The van der Waals surface area contributed by atoms with Crippen LogP contribution in [0.3, 0.4) is 0 Å². The molecule has 0 aromatic heterocycles. The molecule has 162 valence electrons. The highest BCUT2D eigenvalue weighted by Crippen LogP contribution is 2.67. The Morgan fingerprint density at radius 3 is 2.59 bits per heavy atom. The topological polar surface area (TPSA) is 91.7 Å². The average molecular weight is 405 g/mol. The van der Waals surface area contributed by atoms with Gasteiger partial charge in [-0.2, -0.15) is 0 Å². The van der Waals surface area contributed by atoms with Crippen molar-refractivity contribution < 1.29 is 24.6 Å². The van der Waals surface area contributed by atoms with E-state index in [1.165, 1.54) is 0 Å². The van der Waals surface area contributed by atoms with Gasteiger partial charge in [-0.15, -0.1) is 0 Å². The number of rotatable bonds is 4. The van der Waals surface area contributed by atoms with Gasteiger partial charge in [-0.3, -0.25) is 14.4 Å². The van der Waals surface area contributed by atoms with Crippen LogP contribution in [-0.4, -0.2) is 33.9 Å². The van der Waals surface area contributed by atoms with Gasteiger partial charge in [0.2, 0.25) is 0 Å². The molecule has 0 heterocycles. The molecule has 4 fully saturated rings. The lowest BCUT2D eigenvalue weighted by Gasteiger charge is -2.61. The molecule has 4 aliphatic carbocycles. The second-order valence-corrected chi connectivity index (χ2v) is 11.1. The van der Waals surface area contributed by atoms with E-state index in [4.69, 9.17) is 5.11 Å². The molecule has 5 nitrogen and oxygen atoms in total. The fourth-order valence-electron chi connectivity index (χ4n) is 8.21. The van der Waals surface area contributed by atoms with E-state index in [1.54, 1.807) is 0 Å². The first kappa shape index (κ1) is 21.0. The molecule has 29 heavy (non-hydrogen) atoms. The number of ketones is 2. The number of carboxylic acids is 1. The van der Waals surface area contributed by atoms with E-state index in [2.05, 4.69) is 20.8 Å². The number of Topliss-reactive ketones (excluding diaryl/α,β-unsaturated/α-hetero) is 2. The van der Waals surface area contributed by atoms with Crippen molar-refractivity contribution in [1.29, 1.82) is 0 Å². The lowest BCUT2D eigenvalue weighted by atomic mass is 9.43. The zero-order valence-corrected chi connectivity index (χ0v) is 18.0. The monoisotopic (exact) mass is 404 g/mol. The van der Waals surface area contributed by atoms with E-state index in [-0.39, 0.29) is 58.5 Å². The maximum atomic E-state index is 13.3. The summed E-state index contributed by atoms with van der Waals surface area (Å²) in [5.74, 6) is 0.793. The predicted molar refractivity (Wildman–Crippen MR) is 108 cm³/mol. The van der Waals surface area contributed by atoms with Crippen molar-refractivity contribution in [3.05, 3.63) is 0 Å². The highest BCUT2D eigenvalue weighted by molar-refractivity contribution is 5.86. The summed E-state index contributed by atoms with van der Waals surface area (Å²) in [6, 6.07) is 0. The molecular weight excluding hydrogens is 368 g/mol. The van der Waals surface area contributed by atoms with Crippen molar-refractivity contribution in [3.63, 3.8) is 0 Å². The van der Waals surface area contributed by atoms with Crippen molar-refractivity contribution in [1.82, 2.24) is 0 Å². The molecule has 2 N–H and O–H groups in total. The van der Waals surface area contributed by atoms with Crippen LogP contribution < -0.4 is 0 Å². The Hall–Kier alpha value is -1.23. The maximum Gasteiger partial charge on any atom is 0.303 e. The summed E-state index contributed by atoms with van der Waals surface area (Å²) in [6.45, 7) is 6.55. The molecule has 4 saturated carbocycles. The van der Waals surface area contributed by atoms with Gasteiger partial charge < -0.3 is 10.2 Å². The number of carbonyl (C=O) groups excluding carboxylic acids is 2. The van der Waals surface area contributed by atoms with Crippen LogP contribution in [0, 0.1) is 46.3 Å². The van der Waals surface area contributed by atoms with Gasteiger partial charge >= 0.3 is 5.97 Å². The Morgan fingerprint density at radius 1 is 1.17 bits per heavy atom. The van der Waals surface area contributed by atoms with Crippen LogP contribution in [0.2, 0.25) is 0 Å². The zero-order chi connectivity index (χ0) is 21.1. The van der Waals surface area contributed by atoms with Crippen LogP contribution >= 0.6 is 0 Å². The minimum atomic E-state index is -0.769. The van der Waals surface area contributed by atoms with Crippen molar-refractivity contribution in [3.8, 4) is 0 Å². The Labute approximate surface area is 173 Å². The third kappa shape index (κ3) is 3.10. The van der Waals surface area contributed by atoms with Crippen LogP contribution in [0.4, 0.5) is 0 Å². The summed E-state index contributed by atoms with van der Waals surface area (Å²) in [6.07, 6.45) is 5.38. The standard InChI is InChI=1S/C24H36O5/c1-13(4-7-21(28)29)16-5-6-17-22-18(12-20(27)24(16,17)3)23(2)9-8-15(25)10-14(23)11-19(22)26/h13-14,16-18,20,22,27H,4-12H2,1-3H3,(H,28,29)/t13-,14?,16-,17+,18+,20?,22+,23+,24-/m1/s1. The number of carboxylic acid groups (broad SMARTS) is 1. The molecule has 4 rings (SSSR count). The molecule has 4 aliphatic rings. The highest BCUT2D eigenvalue weighted by Gasteiger charge is 2.65. The van der Waals surface area contributed by atoms with Crippen LogP contribution in [0.25, 0.3) is 0 Å². The van der Waals surface area contributed by atoms with Crippen LogP contribution in [0.15, 0.2) is 0 Å². The molecule has 0 aliphatic heterocycles. The summed E-state index contributed by atoms with van der Waals surface area (Å²) in [7, 11) is 0. The van der Waals surface area contributed by atoms with Gasteiger partial charge in [0.25, 0.3) is 0 Å². The molecule has 0 saturated heterocycles. The third-order valence-corrected chi connectivity index (χ3v) is 9.96. The van der Waals surface area contributed by atoms with Crippen LogP contribution in [0.1, 0.15) is 78.6 Å². The van der Waals surface area contributed by atoms with Gasteiger partial charge in [-0.1, -0.05) is 20.8 Å². The van der Waals surface area contributed by atoms with Gasteiger partial charge in [-0.05, 0) is 67.1 Å². The smallest absolute Gasteiger partial charge is 0.303 e. The average Bonchev–Trinajstić information content (AvgIpc) is 3.01. The van der Waals surface area contributed by atoms with E-state index in [1.807, 2.05) is 0 Å². The minimum absolute atomic E-state index is 0.00507. The molecule has 0 aromatic carbocycles. The maximum absolute atomic E-state index is 13.3. The molecule has 0 bridgehead atoms. The number of aliphatic hydroxyl groups excluding tert-OH is 1. The third-order valence-electron chi connectivity index (χ3n) is 9.96. The predicted octanol–water partition coefficient (Wildman–Crippen LogP) is 3.87. The van der Waals surface area contributed by atoms with Gasteiger partial charge in [-0.25, -0.2) is 0 Å². The second-order valence-electron chi connectivity index (χ2n) is 11.1. The molecule has 5 heteroatoms. The van der Waals surface area contributed by atoms with E-state index in [0.29, 0.717) is 37.9 Å². The summed E-state index contributed by atoms with van der Waals surface area (Å²) < 4.78 is 0. The fraction of sp³-hybridized carbons (Fsp3) is 0.875. The van der Waals surface area contributed by atoms with Crippen LogP contribution in [-0.2, 0) is 14.4 Å². The van der Waals surface area contributed by atoms with E-state index >= 15 is 0 Å². The summed E-state index contributed by atoms with van der Waals surface area (Å²) in [5, 5.41) is 20.5. The molecule has 0 amide bonds. The van der Waals surface area contributed by atoms with Crippen molar-refractivity contribution in [2.45, 2.75) is 84.7 Å². The lowest BCUT2D eigenvalue weighted by Crippen LogP contribution is -2.61. The lowest BCUT2D eigenvalue weighted by molar-refractivity contribution is -0.178. The van der Waals surface area contributed by atoms with Crippen molar-refractivity contribution in [2.75, 3.05) is 0 Å². The first-order chi connectivity index (χ1) is 13.6. The summed E-state index contributed by atoms with van der Waals surface area (Å²) >= 11 is 0. The Morgan fingerprint density at radius 2 is 1.90 bits per heavy atom. The number of carbonyl (C=O) groups is 3. The summed E-state index contributed by atoms with van der Waals surface area (Å²) in [4.78, 5) is 36.4. The summed E-state index contributed by atoms with van der Waals surface area (Å²) in [5.41, 5.74) is -0.343. The molecule has 0 radical (unpaired) electrons. The minimum Gasteiger partial charge on any atom is -0.481 e. The number of aliphatic hydroxyl groups is 1. The van der Waals surface area contributed by atoms with Gasteiger partial charge in [0.05, 0.1) is 6.10 Å². The molecule has 2 unspecified atom stereocenters. The second kappa shape index (κ2) is 7.18. The molecule has 9 atom stereocenters. The quantitative estimate of drug-likeness (QED) is 0.742. The molecule has 0 aromatic rings. The largest absolute Gasteiger partial charge is 0.481 e. The van der Waals surface area contributed by atoms with Gasteiger partial charge in [0.1, 0.15) is 11.6 Å². The van der Waals surface area contributed by atoms with Gasteiger partial charge in [0, 0.05) is 37.0 Å². The van der Waals surface area contributed by atoms with Crippen molar-refractivity contribution in [2.24, 2.45) is 46.3 Å². The number of hydrogen-bond acceptors (Lipinski definition) is 4. The fourth-order valence-corrected chi connectivity index (χ4v) is 8.21. The Balaban J connectivity index is 1.62. The normalized spacial score (nSPS) is 47.9. The highest BCUT2D eigenvalue weighted by atomic mass is 16.4. The zero-order valence-electron chi connectivity index (χ0n) is 18.0. The number of hydrogen-bond donors (Lipinski definition) is 2. The van der Waals surface area contributed by atoms with E-state index in [9.17, 15) is 19.5 Å². The first-order valence-electron chi connectivity index (χ1n) is 11.5. The Kier molecular flexibility index (Phi) is 5.20. The number of aliphatic carboxylic acids is 1. The van der Waals surface area contributed by atoms with Crippen LogP contribution in [0.5, 0.6) is 0 Å².